The molecule has 0 spiro atoms. The summed E-state index contributed by atoms with van der Waals surface area (Å²) in [5.41, 5.74) is 1.88. The normalized spacial score (nSPS) is 10.2. The molecule has 4 heteroatoms. The fourth-order valence-electron chi connectivity index (χ4n) is 1.60. The van der Waals surface area contributed by atoms with Gasteiger partial charge in [-0.15, -0.1) is 0 Å². The number of pyridine rings is 1. The summed E-state index contributed by atoms with van der Waals surface area (Å²) in [6, 6.07) is 7.60. The lowest BCUT2D eigenvalue weighted by Crippen LogP contribution is -2.12. The molecule has 0 aliphatic rings. The van der Waals surface area contributed by atoms with Crippen LogP contribution in [-0.2, 0) is 9.53 Å². The van der Waals surface area contributed by atoms with E-state index in [4.69, 9.17) is 4.74 Å². The third-order valence-electron chi connectivity index (χ3n) is 2.52. The standard InChI is InChI=1S/C13H13NO3/c1-9-5-6-11(17-8-12(15)16-2)13-10(9)4-3-7-14-13/h3-7H,8H2,1-2H3. The van der Waals surface area contributed by atoms with Crippen LogP contribution in [0.3, 0.4) is 0 Å². The maximum absolute atomic E-state index is 11.0. The minimum absolute atomic E-state index is 0.106. The molecule has 2 aromatic rings. The van der Waals surface area contributed by atoms with Gasteiger partial charge in [-0.3, -0.25) is 4.98 Å². The van der Waals surface area contributed by atoms with Gasteiger partial charge in [0, 0.05) is 11.6 Å². The van der Waals surface area contributed by atoms with Gasteiger partial charge >= 0.3 is 5.97 Å². The molecule has 4 nitrogen and oxygen atoms in total. The molecule has 0 fully saturated rings. The highest BCUT2D eigenvalue weighted by molar-refractivity contribution is 5.87. The van der Waals surface area contributed by atoms with Crippen LogP contribution in [0.2, 0.25) is 0 Å². The predicted molar refractivity (Wildman–Crippen MR) is 64.0 cm³/mol. The van der Waals surface area contributed by atoms with E-state index in [1.165, 1.54) is 7.11 Å². The number of aromatic nitrogens is 1. The third-order valence-corrected chi connectivity index (χ3v) is 2.52. The lowest BCUT2D eigenvalue weighted by molar-refractivity contribution is -0.142. The lowest BCUT2D eigenvalue weighted by atomic mass is 10.1. The first-order chi connectivity index (χ1) is 8.22. The van der Waals surface area contributed by atoms with E-state index in [1.807, 2.05) is 31.2 Å². The van der Waals surface area contributed by atoms with Crippen molar-refractivity contribution in [3.63, 3.8) is 0 Å². The number of nitrogens with zero attached hydrogens (tertiary/aromatic N) is 1. The van der Waals surface area contributed by atoms with Gasteiger partial charge in [0.1, 0.15) is 11.3 Å². The Hall–Kier alpha value is -2.10. The zero-order chi connectivity index (χ0) is 12.3. The molecule has 88 valence electrons. The molecule has 0 saturated heterocycles. The van der Waals surface area contributed by atoms with Crippen LogP contribution in [0.1, 0.15) is 5.56 Å². The minimum atomic E-state index is -0.408. The molecule has 0 N–H and O–H groups in total. The van der Waals surface area contributed by atoms with Gasteiger partial charge in [0.15, 0.2) is 6.61 Å². The van der Waals surface area contributed by atoms with Crippen LogP contribution in [-0.4, -0.2) is 24.7 Å². The average Bonchev–Trinajstić information content (AvgIpc) is 2.38. The van der Waals surface area contributed by atoms with Crippen LogP contribution < -0.4 is 4.74 Å². The fraction of sp³-hybridized carbons (Fsp3) is 0.231. The summed E-state index contributed by atoms with van der Waals surface area (Å²) in [7, 11) is 1.33. The second-order valence-corrected chi connectivity index (χ2v) is 3.64. The average molecular weight is 231 g/mol. The van der Waals surface area contributed by atoms with Gasteiger partial charge in [0.05, 0.1) is 7.11 Å². The quantitative estimate of drug-likeness (QED) is 0.759. The highest BCUT2D eigenvalue weighted by Crippen LogP contribution is 2.25. The fourth-order valence-corrected chi connectivity index (χ4v) is 1.60. The Balaban J connectivity index is 2.35. The van der Waals surface area contributed by atoms with Crippen molar-refractivity contribution in [1.82, 2.24) is 4.98 Å². The number of rotatable bonds is 3. The van der Waals surface area contributed by atoms with E-state index >= 15 is 0 Å². The Bertz CT molecular complexity index is 551. The molecule has 0 atom stereocenters. The smallest absolute Gasteiger partial charge is 0.343 e. The Morgan fingerprint density at radius 1 is 1.35 bits per heavy atom. The van der Waals surface area contributed by atoms with Gasteiger partial charge in [-0.05, 0) is 24.6 Å². The zero-order valence-corrected chi connectivity index (χ0v) is 9.77. The topological polar surface area (TPSA) is 48.4 Å². The first-order valence-electron chi connectivity index (χ1n) is 5.26. The Labute approximate surface area is 99.2 Å². The zero-order valence-electron chi connectivity index (χ0n) is 9.77. The van der Waals surface area contributed by atoms with Gasteiger partial charge in [-0.2, -0.15) is 0 Å². The van der Waals surface area contributed by atoms with Crippen molar-refractivity contribution in [1.29, 1.82) is 0 Å². The highest BCUT2D eigenvalue weighted by atomic mass is 16.6. The first-order valence-corrected chi connectivity index (χ1v) is 5.26. The van der Waals surface area contributed by atoms with Crippen molar-refractivity contribution >= 4 is 16.9 Å². The molecular weight excluding hydrogens is 218 g/mol. The van der Waals surface area contributed by atoms with E-state index in [0.717, 1.165) is 16.5 Å². The van der Waals surface area contributed by atoms with Crippen molar-refractivity contribution < 1.29 is 14.3 Å². The molecule has 0 aliphatic heterocycles. The van der Waals surface area contributed by atoms with Crippen molar-refractivity contribution in [2.75, 3.05) is 13.7 Å². The number of esters is 1. The molecule has 1 aromatic heterocycles. The molecule has 1 heterocycles. The molecule has 0 radical (unpaired) electrons. The van der Waals surface area contributed by atoms with Crippen molar-refractivity contribution in [3.8, 4) is 5.75 Å². The third kappa shape index (κ3) is 2.36. The summed E-state index contributed by atoms with van der Waals surface area (Å²) in [6.07, 6.45) is 1.70. The molecule has 0 bridgehead atoms. The van der Waals surface area contributed by atoms with E-state index < -0.39 is 5.97 Å². The van der Waals surface area contributed by atoms with E-state index in [9.17, 15) is 4.79 Å². The Morgan fingerprint density at radius 2 is 2.18 bits per heavy atom. The number of aryl methyl sites for hydroxylation is 1. The van der Waals surface area contributed by atoms with Crippen LogP contribution >= 0.6 is 0 Å². The number of benzene rings is 1. The van der Waals surface area contributed by atoms with Crippen LogP contribution in [0.25, 0.3) is 10.9 Å². The number of hydrogen-bond acceptors (Lipinski definition) is 4. The largest absolute Gasteiger partial charge is 0.480 e. The predicted octanol–water partition coefficient (Wildman–Crippen LogP) is 2.10. The number of ether oxygens (including phenoxy) is 2. The number of methoxy groups -OCH3 is 1. The first kappa shape index (κ1) is 11.4. The molecular formula is C13H13NO3. The summed E-state index contributed by atoms with van der Waals surface area (Å²) in [5.74, 6) is 0.186. The van der Waals surface area contributed by atoms with E-state index in [1.54, 1.807) is 6.20 Å². The van der Waals surface area contributed by atoms with Gasteiger partial charge in [-0.1, -0.05) is 12.1 Å². The molecule has 2 rings (SSSR count). The van der Waals surface area contributed by atoms with Crippen LogP contribution in [0.5, 0.6) is 5.75 Å². The van der Waals surface area contributed by atoms with E-state index in [0.29, 0.717) is 5.75 Å². The molecule has 0 amide bonds. The maximum atomic E-state index is 11.0. The summed E-state index contributed by atoms with van der Waals surface area (Å²) >= 11 is 0. The van der Waals surface area contributed by atoms with E-state index in [-0.39, 0.29) is 6.61 Å². The molecule has 17 heavy (non-hydrogen) atoms. The summed E-state index contributed by atoms with van der Waals surface area (Å²) in [4.78, 5) is 15.3. The van der Waals surface area contributed by atoms with E-state index in [2.05, 4.69) is 9.72 Å². The van der Waals surface area contributed by atoms with Crippen molar-refractivity contribution in [3.05, 3.63) is 36.0 Å². The van der Waals surface area contributed by atoms with Crippen molar-refractivity contribution in [2.24, 2.45) is 0 Å². The number of carbonyl (C=O) groups is 1. The summed E-state index contributed by atoms with van der Waals surface area (Å²) in [5, 5.41) is 1.02. The molecule has 0 saturated carbocycles. The van der Waals surface area contributed by atoms with Crippen LogP contribution in [0, 0.1) is 6.92 Å². The molecule has 0 unspecified atom stereocenters. The minimum Gasteiger partial charge on any atom is -0.480 e. The number of carbonyl (C=O) groups excluding carboxylic acids is 1. The van der Waals surface area contributed by atoms with Gasteiger partial charge in [0.25, 0.3) is 0 Å². The monoisotopic (exact) mass is 231 g/mol. The second-order valence-electron chi connectivity index (χ2n) is 3.64. The number of fused-ring (bicyclic) bond motifs is 1. The van der Waals surface area contributed by atoms with Crippen LogP contribution in [0.15, 0.2) is 30.5 Å². The Morgan fingerprint density at radius 3 is 2.94 bits per heavy atom. The lowest BCUT2D eigenvalue weighted by Gasteiger charge is -2.08. The van der Waals surface area contributed by atoms with Gasteiger partial charge in [0.2, 0.25) is 0 Å². The van der Waals surface area contributed by atoms with Crippen LogP contribution in [0.4, 0.5) is 0 Å². The molecule has 1 aromatic carbocycles. The highest BCUT2D eigenvalue weighted by Gasteiger charge is 2.07. The molecule has 0 aliphatic carbocycles. The second kappa shape index (κ2) is 4.82. The van der Waals surface area contributed by atoms with Gasteiger partial charge in [-0.25, -0.2) is 4.79 Å². The summed E-state index contributed by atoms with van der Waals surface area (Å²) in [6.45, 7) is 1.90. The van der Waals surface area contributed by atoms with Gasteiger partial charge < -0.3 is 9.47 Å². The maximum Gasteiger partial charge on any atom is 0.343 e. The number of hydrogen-bond donors (Lipinski definition) is 0. The Kier molecular flexibility index (Phi) is 3.23. The van der Waals surface area contributed by atoms with Crippen molar-refractivity contribution in [2.45, 2.75) is 6.92 Å². The SMILES string of the molecule is COC(=O)COc1ccc(C)c2cccnc12. The summed E-state index contributed by atoms with van der Waals surface area (Å²) < 4.78 is 9.91.